The van der Waals surface area contributed by atoms with Crippen LogP contribution in [0.3, 0.4) is 0 Å². The Morgan fingerprint density at radius 3 is 2.48 bits per heavy atom. The molecule has 3 N–H and O–H groups in total. The number of hydrogen-bond donors (Lipinski definition) is 2. The molecule has 0 saturated heterocycles. The Balaban J connectivity index is 2.23. The van der Waals surface area contributed by atoms with Gasteiger partial charge in [-0.1, -0.05) is 26.0 Å². The first-order valence-electron chi connectivity index (χ1n) is 7.74. The second-order valence-electron chi connectivity index (χ2n) is 5.85. The van der Waals surface area contributed by atoms with E-state index < -0.39 is 0 Å². The van der Waals surface area contributed by atoms with Crippen molar-refractivity contribution in [1.29, 1.82) is 0 Å². The van der Waals surface area contributed by atoms with Gasteiger partial charge < -0.3 is 11.1 Å². The van der Waals surface area contributed by atoms with Crippen LogP contribution in [-0.2, 0) is 11.2 Å². The Morgan fingerprint density at radius 1 is 1.24 bits per heavy atom. The number of benzene rings is 1. The fourth-order valence-electron chi connectivity index (χ4n) is 2.43. The van der Waals surface area contributed by atoms with E-state index in [0.29, 0.717) is 31.3 Å². The minimum Gasteiger partial charge on any atom is -0.356 e. The molecule has 0 aromatic heterocycles. The lowest BCUT2D eigenvalue weighted by Gasteiger charge is -2.19. The Morgan fingerprint density at radius 2 is 1.90 bits per heavy atom. The lowest BCUT2D eigenvalue weighted by molar-refractivity contribution is -0.121. The Bertz CT molecular complexity index is 417. The van der Waals surface area contributed by atoms with Crippen molar-refractivity contribution in [2.45, 2.75) is 39.5 Å². The standard InChI is InChI=1S/C17H27FN2O/c1-13(2)15(9-11-19)5-8-17(21)20-12-10-14-3-6-16(18)7-4-14/h3-4,6-7,13,15H,5,8-12,19H2,1-2H3,(H,20,21). The van der Waals surface area contributed by atoms with E-state index in [4.69, 9.17) is 5.73 Å². The predicted octanol–water partition coefficient (Wildman–Crippen LogP) is 2.89. The zero-order valence-electron chi connectivity index (χ0n) is 13.1. The molecule has 0 saturated carbocycles. The monoisotopic (exact) mass is 294 g/mol. The zero-order valence-corrected chi connectivity index (χ0v) is 13.1. The van der Waals surface area contributed by atoms with Gasteiger partial charge in [-0.05, 0) is 55.3 Å². The highest BCUT2D eigenvalue weighted by molar-refractivity contribution is 5.75. The fraction of sp³-hybridized carbons (Fsp3) is 0.588. The summed E-state index contributed by atoms with van der Waals surface area (Å²) in [6.45, 7) is 5.61. The van der Waals surface area contributed by atoms with E-state index >= 15 is 0 Å². The summed E-state index contributed by atoms with van der Waals surface area (Å²) in [5, 5.41) is 2.92. The van der Waals surface area contributed by atoms with Crippen LogP contribution < -0.4 is 11.1 Å². The number of carbonyl (C=O) groups is 1. The summed E-state index contributed by atoms with van der Waals surface area (Å²) in [5.41, 5.74) is 6.63. The van der Waals surface area contributed by atoms with E-state index in [9.17, 15) is 9.18 Å². The first-order valence-corrected chi connectivity index (χ1v) is 7.74. The summed E-state index contributed by atoms with van der Waals surface area (Å²) in [6, 6.07) is 6.38. The summed E-state index contributed by atoms with van der Waals surface area (Å²) >= 11 is 0. The minimum atomic E-state index is -0.234. The molecule has 0 heterocycles. The van der Waals surface area contributed by atoms with Gasteiger partial charge in [-0.2, -0.15) is 0 Å². The predicted molar refractivity (Wildman–Crippen MR) is 84.3 cm³/mol. The molecule has 118 valence electrons. The van der Waals surface area contributed by atoms with Crippen LogP contribution in [-0.4, -0.2) is 19.0 Å². The second kappa shape index (κ2) is 9.50. The van der Waals surface area contributed by atoms with Gasteiger partial charge in [0.2, 0.25) is 5.91 Å². The van der Waals surface area contributed by atoms with Crippen LogP contribution in [0.15, 0.2) is 24.3 Å². The van der Waals surface area contributed by atoms with Crippen molar-refractivity contribution < 1.29 is 9.18 Å². The summed E-state index contributed by atoms with van der Waals surface area (Å²) in [4.78, 5) is 11.8. The van der Waals surface area contributed by atoms with Gasteiger partial charge in [0, 0.05) is 13.0 Å². The summed E-state index contributed by atoms with van der Waals surface area (Å²) < 4.78 is 12.8. The highest BCUT2D eigenvalue weighted by atomic mass is 19.1. The third-order valence-corrected chi connectivity index (χ3v) is 3.87. The number of rotatable bonds is 9. The highest BCUT2D eigenvalue weighted by Crippen LogP contribution is 2.20. The van der Waals surface area contributed by atoms with Gasteiger partial charge in [-0.15, -0.1) is 0 Å². The Kier molecular flexibility index (Phi) is 7.98. The van der Waals surface area contributed by atoms with Crippen LogP contribution in [0.25, 0.3) is 0 Å². The van der Waals surface area contributed by atoms with Gasteiger partial charge in [0.1, 0.15) is 5.82 Å². The lowest BCUT2D eigenvalue weighted by atomic mass is 9.88. The van der Waals surface area contributed by atoms with Crippen molar-refractivity contribution in [1.82, 2.24) is 5.32 Å². The summed E-state index contributed by atoms with van der Waals surface area (Å²) in [7, 11) is 0. The molecule has 3 nitrogen and oxygen atoms in total. The summed E-state index contributed by atoms with van der Waals surface area (Å²) in [6.07, 6.45) is 3.13. The summed E-state index contributed by atoms with van der Waals surface area (Å²) in [5.74, 6) is 0.917. The molecule has 0 fully saturated rings. The minimum absolute atomic E-state index is 0.0831. The van der Waals surface area contributed by atoms with Crippen molar-refractivity contribution in [2.75, 3.05) is 13.1 Å². The SMILES string of the molecule is CC(C)C(CCN)CCC(=O)NCCc1ccc(F)cc1. The van der Waals surface area contributed by atoms with Gasteiger partial charge in [0.15, 0.2) is 0 Å². The van der Waals surface area contributed by atoms with Crippen LogP contribution in [0.1, 0.15) is 38.7 Å². The molecule has 1 aromatic rings. The maximum atomic E-state index is 12.8. The second-order valence-corrected chi connectivity index (χ2v) is 5.85. The van der Waals surface area contributed by atoms with Crippen molar-refractivity contribution in [3.8, 4) is 0 Å². The van der Waals surface area contributed by atoms with Crippen LogP contribution in [0.2, 0.25) is 0 Å². The molecule has 21 heavy (non-hydrogen) atoms. The molecule has 1 amide bonds. The third-order valence-electron chi connectivity index (χ3n) is 3.87. The molecule has 0 aliphatic heterocycles. The first-order chi connectivity index (χ1) is 10.0. The molecule has 4 heteroatoms. The molecule has 1 atom stereocenters. The van der Waals surface area contributed by atoms with E-state index in [-0.39, 0.29) is 11.7 Å². The number of carbonyl (C=O) groups excluding carboxylic acids is 1. The first kappa shape index (κ1) is 17.6. The fourth-order valence-corrected chi connectivity index (χ4v) is 2.43. The Labute approximate surface area is 127 Å². The molecular formula is C17H27FN2O. The van der Waals surface area contributed by atoms with Gasteiger partial charge in [0.05, 0.1) is 0 Å². The van der Waals surface area contributed by atoms with Gasteiger partial charge in [-0.3, -0.25) is 4.79 Å². The van der Waals surface area contributed by atoms with Gasteiger partial charge in [0.25, 0.3) is 0 Å². The van der Waals surface area contributed by atoms with E-state index in [1.807, 2.05) is 0 Å². The molecule has 1 aromatic carbocycles. The van der Waals surface area contributed by atoms with Gasteiger partial charge >= 0.3 is 0 Å². The third kappa shape index (κ3) is 7.23. The molecule has 0 spiro atoms. The molecule has 0 bridgehead atoms. The van der Waals surface area contributed by atoms with Crippen LogP contribution in [0.4, 0.5) is 4.39 Å². The van der Waals surface area contributed by atoms with Gasteiger partial charge in [-0.25, -0.2) is 4.39 Å². The lowest BCUT2D eigenvalue weighted by Crippen LogP contribution is -2.26. The topological polar surface area (TPSA) is 55.1 Å². The number of hydrogen-bond acceptors (Lipinski definition) is 2. The Hall–Kier alpha value is -1.42. The van der Waals surface area contributed by atoms with Crippen molar-refractivity contribution >= 4 is 5.91 Å². The quantitative estimate of drug-likeness (QED) is 0.736. The average molecular weight is 294 g/mol. The molecular weight excluding hydrogens is 267 g/mol. The maximum absolute atomic E-state index is 12.8. The molecule has 0 aliphatic carbocycles. The van der Waals surface area contributed by atoms with E-state index in [2.05, 4.69) is 19.2 Å². The highest BCUT2D eigenvalue weighted by Gasteiger charge is 2.14. The molecule has 0 aliphatic rings. The van der Waals surface area contributed by atoms with Crippen LogP contribution in [0.5, 0.6) is 0 Å². The molecule has 1 rings (SSSR count). The van der Waals surface area contributed by atoms with Crippen molar-refractivity contribution in [2.24, 2.45) is 17.6 Å². The zero-order chi connectivity index (χ0) is 15.7. The van der Waals surface area contributed by atoms with Crippen molar-refractivity contribution in [3.63, 3.8) is 0 Å². The molecule has 1 unspecified atom stereocenters. The average Bonchev–Trinajstić information content (AvgIpc) is 2.45. The normalized spacial score (nSPS) is 12.4. The van der Waals surface area contributed by atoms with E-state index in [1.165, 1.54) is 12.1 Å². The maximum Gasteiger partial charge on any atom is 0.220 e. The van der Waals surface area contributed by atoms with Crippen molar-refractivity contribution in [3.05, 3.63) is 35.6 Å². The smallest absolute Gasteiger partial charge is 0.220 e. The number of nitrogens with one attached hydrogen (secondary N) is 1. The molecule has 0 radical (unpaired) electrons. The number of halogens is 1. The number of amides is 1. The van der Waals surface area contributed by atoms with Crippen LogP contribution >= 0.6 is 0 Å². The largest absolute Gasteiger partial charge is 0.356 e. The van der Waals surface area contributed by atoms with E-state index in [0.717, 1.165) is 24.8 Å². The number of nitrogens with two attached hydrogens (primary N) is 1. The van der Waals surface area contributed by atoms with Crippen LogP contribution in [0, 0.1) is 17.7 Å². The van der Waals surface area contributed by atoms with E-state index in [1.54, 1.807) is 12.1 Å².